The Morgan fingerprint density at radius 1 is 1.10 bits per heavy atom. The minimum atomic E-state index is -1.20. The average molecular weight is 418 g/mol. The van der Waals surface area contributed by atoms with Gasteiger partial charge in [-0.3, -0.25) is 15.0 Å². The van der Waals surface area contributed by atoms with E-state index in [0.717, 1.165) is 10.6 Å². The summed E-state index contributed by atoms with van der Waals surface area (Å²) >= 11 is 0. The first-order valence-electron chi connectivity index (χ1n) is 10.1. The summed E-state index contributed by atoms with van der Waals surface area (Å²) in [4.78, 5) is 42.1. The van der Waals surface area contributed by atoms with Crippen LogP contribution in [-0.2, 0) is 21.5 Å². The van der Waals surface area contributed by atoms with Gasteiger partial charge in [-0.2, -0.15) is 5.01 Å². The maximum atomic E-state index is 13.0. The monoisotopic (exact) mass is 418 g/mol. The fourth-order valence-corrected chi connectivity index (χ4v) is 3.60. The van der Waals surface area contributed by atoms with Crippen LogP contribution in [0.3, 0.4) is 0 Å². The fourth-order valence-electron chi connectivity index (χ4n) is 3.60. The highest BCUT2D eigenvalue weighted by Gasteiger charge is 2.52. The van der Waals surface area contributed by atoms with Gasteiger partial charge in [-0.1, -0.05) is 67.6 Å². The number of hydrogen-bond acceptors (Lipinski definition) is 5. The van der Waals surface area contributed by atoms with E-state index in [-0.39, 0.29) is 12.8 Å². The minimum absolute atomic E-state index is 0.0102. The SMILES string of the molecule is CCC1(c2ccccc2)NC(=O)N(NC(=O)CCc2ncc(-c3ccccc3)o2)C1=O. The van der Waals surface area contributed by atoms with Crippen LogP contribution in [0.5, 0.6) is 0 Å². The number of rotatable bonds is 7. The molecule has 1 aliphatic rings. The molecular weight excluding hydrogens is 396 g/mol. The van der Waals surface area contributed by atoms with Crippen LogP contribution in [0.4, 0.5) is 4.79 Å². The van der Waals surface area contributed by atoms with Crippen LogP contribution in [-0.4, -0.2) is 27.8 Å². The smallest absolute Gasteiger partial charge is 0.344 e. The summed E-state index contributed by atoms with van der Waals surface area (Å²) in [5, 5.41) is 3.48. The van der Waals surface area contributed by atoms with Gasteiger partial charge in [0.1, 0.15) is 5.54 Å². The molecule has 158 valence electrons. The fraction of sp³-hybridized carbons (Fsp3) is 0.217. The summed E-state index contributed by atoms with van der Waals surface area (Å²) in [6, 6.07) is 17.8. The zero-order chi connectivity index (χ0) is 21.8. The van der Waals surface area contributed by atoms with Gasteiger partial charge in [-0.25, -0.2) is 9.78 Å². The zero-order valence-corrected chi connectivity index (χ0v) is 17.0. The first kappa shape index (κ1) is 20.3. The third kappa shape index (κ3) is 3.92. The average Bonchev–Trinajstić information content (AvgIpc) is 3.38. The van der Waals surface area contributed by atoms with Gasteiger partial charge in [0.05, 0.1) is 6.20 Å². The molecule has 3 aromatic rings. The van der Waals surface area contributed by atoms with E-state index in [0.29, 0.717) is 23.6 Å². The van der Waals surface area contributed by atoms with E-state index in [1.54, 1.807) is 30.5 Å². The van der Waals surface area contributed by atoms with Crippen molar-refractivity contribution in [3.05, 3.63) is 78.3 Å². The number of oxazole rings is 1. The molecule has 2 aromatic carbocycles. The Bertz CT molecular complexity index is 1100. The third-order valence-corrected chi connectivity index (χ3v) is 5.30. The number of hydrazine groups is 1. The number of carbonyl (C=O) groups excluding carboxylic acids is 3. The lowest BCUT2D eigenvalue weighted by atomic mass is 9.87. The molecule has 31 heavy (non-hydrogen) atoms. The number of urea groups is 1. The van der Waals surface area contributed by atoms with Crippen LogP contribution in [0.2, 0.25) is 0 Å². The Balaban J connectivity index is 1.39. The predicted octanol–water partition coefficient (Wildman–Crippen LogP) is 3.16. The van der Waals surface area contributed by atoms with Gasteiger partial charge in [0.25, 0.3) is 5.91 Å². The molecule has 8 nitrogen and oxygen atoms in total. The van der Waals surface area contributed by atoms with E-state index in [9.17, 15) is 14.4 Å². The number of hydrogen-bond donors (Lipinski definition) is 2. The molecule has 1 unspecified atom stereocenters. The Hall–Kier alpha value is -3.94. The highest BCUT2D eigenvalue weighted by molar-refractivity contribution is 6.08. The van der Waals surface area contributed by atoms with E-state index >= 15 is 0 Å². The molecule has 2 N–H and O–H groups in total. The molecule has 1 aromatic heterocycles. The summed E-state index contributed by atoms with van der Waals surface area (Å²) < 4.78 is 5.69. The normalized spacial score (nSPS) is 18.2. The lowest BCUT2D eigenvalue weighted by Gasteiger charge is -2.25. The van der Waals surface area contributed by atoms with Crippen molar-refractivity contribution < 1.29 is 18.8 Å². The zero-order valence-electron chi connectivity index (χ0n) is 17.0. The van der Waals surface area contributed by atoms with Crippen molar-refractivity contribution in [2.45, 2.75) is 31.7 Å². The van der Waals surface area contributed by atoms with Gasteiger partial charge in [-0.15, -0.1) is 0 Å². The molecule has 1 atom stereocenters. The van der Waals surface area contributed by atoms with Crippen molar-refractivity contribution in [3.63, 3.8) is 0 Å². The van der Waals surface area contributed by atoms with Gasteiger partial charge in [0.2, 0.25) is 5.91 Å². The predicted molar refractivity (Wildman–Crippen MR) is 112 cm³/mol. The van der Waals surface area contributed by atoms with Crippen LogP contribution in [0.15, 0.2) is 71.3 Å². The topological polar surface area (TPSA) is 105 Å². The second-order valence-corrected chi connectivity index (χ2v) is 7.21. The molecule has 0 bridgehead atoms. The number of imide groups is 1. The molecule has 4 rings (SSSR count). The Morgan fingerprint density at radius 3 is 2.45 bits per heavy atom. The molecule has 8 heteroatoms. The highest BCUT2D eigenvalue weighted by Crippen LogP contribution is 2.31. The molecule has 2 heterocycles. The van der Waals surface area contributed by atoms with Gasteiger partial charge in [0.15, 0.2) is 11.7 Å². The molecule has 0 aliphatic carbocycles. The first-order chi connectivity index (χ1) is 15.0. The number of nitrogens with zero attached hydrogens (tertiary/aromatic N) is 2. The molecular formula is C23H22N4O4. The van der Waals surface area contributed by atoms with Gasteiger partial charge in [-0.05, 0) is 12.0 Å². The van der Waals surface area contributed by atoms with Gasteiger partial charge < -0.3 is 9.73 Å². The van der Waals surface area contributed by atoms with Crippen molar-refractivity contribution in [2.75, 3.05) is 0 Å². The highest BCUT2D eigenvalue weighted by atomic mass is 16.4. The summed E-state index contributed by atoms with van der Waals surface area (Å²) in [6.07, 6.45) is 2.21. The first-order valence-corrected chi connectivity index (χ1v) is 10.1. The van der Waals surface area contributed by atoms with Crippen molar-refractivity contribution >= 4 is 17.8 Å². The van der Waals surface area contributed by atoms with Crippen LogP contribution in [0.25, 0.3) is 11.3 Å². The van der Waals surface area contributed by atoms with Crippen molar-refractivity contribution in [2.24, 2.45) is 0 Å². The maximum absolute atomic E-state index is 13.0. The number of carbonyl (C=O) groups is 3. The number of amides is 4. The Kier molecular flexibility index (Phi) is 5.53. The molecule has 4 amide bonds. The second kappa shape index (κ2) is 8.43. The van der Waals surface area contributed by atoms with E-state index in [4.69, 9.17) is 4.42 Å². The molecule has 0 saturated carbocycles. The minimum Gasteiger partial charge on any atom is -0.441 e. The molecule has 1 saturated heterocycles. The van der Waals surface area contributed by atoms with E-state index < -0.39 is 23.4 Å². The van der Waals surface area contributed by atoms with E-state index in [2.05, 4.69) is 15.7 Å². The van der Waals surface area contributed by atoms with Crippen molar-refractivity contribution in [3.8, 4) is 11.3 Å². The number of nitrogens with one attached hydrogen (secondary N) is 2. The van der Waals surface area contributed by atoms with Crippen LogP contribution in [0.1, 0.15) is 31.2 Å². The lowest BCUT2D eigenvalue weighted by molar-refractivity contribution is -0.139. The summed E-state index contributed by atoms with van der Waals surface area (Å²) in [6.45, 7) is 1.81. The Labute approximate surface area is 179 Å². The third-order valence-electron chi connectivity index (χ3n) is 5.30. The summed E-state index contributed by atoms with van der Waals surface area (Å²) in [5.41, 5.74) is 2.77. The van der Waals surface area contributed by atoms with Crippen molar-refractivity contribution in [1.29, 1.82) is 0 Å². The summed E-state index contributed by atoms with van der Waals surface area (Å²) in [7, 11) is 0. The van der Waals surface area contributed by atoms with Crippen molar-refractivity contribution in [1.82, 2.24) is 20.7 Å². The standard InChI is InChI=1S/C23H22N4O4/c1-2-23(17-11-7-4-8-12-17)21(29)27(22(30)25-23)26-19(28)13-14-20-24-15-18(31-20)16-9-5-3-6-10-16/h3-12,15H,2,13-14H2,1H3,(H,25,30)(H,26,28). The van der Waals surface area contributed by atoms with E-state index in [1.807, 2.05) is 43.3 Å². The number of benzene rings is 2. The molecule has 1 aliphatic heterocycles. The van der Waals surface area contributed by atoms with Crippen LogP contribution < -0.4 is 10.7 Å². The van der Waals surface area contributed by atoms with Crippen LogP contribution in [0, 0.1) is 0 Å². The largest absolute Gasteiger partial charge is 0.441 e. The molecule has 0 spiro atoms. The maximum Gasteiger partial charge on any atom is 0.344 e. The summed E-state index contributed by atoms with van der Waals surface area (Å²) in [5.74, 6) is 0.0176. The van der Waals surface area contributed by atoms with Gasteiger partial charge in [0, 0.05) is 18.4 Å². The second-order valence-electron chi connectivity index (χ2n) is 7.21. The Morgan fingerprint density at radius 2 is 1.77 bits per heavy atom. The van der Waals surface area contributed by atoms with E-state index in [1.165, 1.54) is 0 Å². The number of aryl methyl sites for hydroxylation is 1. The van der Waals surface area contributed by atoms with Gasteiger partial charge >= 0.3 is 6.03 Å². The number of aromatic nitrogens is 1. The lowest BCUT2D eigenvalue weighted by Crippen LogP contribution is -2.48. The van der Waals surface area contributed by atoms with Crippen LogP contribution >= 0.6 is 0 Å². The molecule has 1 fully saturated rings. The quantitative estimate of drug-likeness (QED) is 0.574. The molecule has 0 radical (unpaired) electrons.